The summed E-state index contributed by atoms with van der Waals surface area (Å²) in [5, 5.41) is 9.95. The average molecular weight is 535 g/mol. The van der Waals surface area contributed by atoms with Crippen molar-refractivity contribution < 1.29 is 28.3 Å². The van der Waals surface area contributed by atoms with Crippen LogP contribution in [0.25, 0.3) is 10.4 Å². The van der Waals surface area contributed by atoms with Crippen LogP contribution in [0.4, 0.5) is 8.78 Å². The lowest BCUT2D eigenvalue weighted by Gasteiger charge is -2.42. The standard InChI is InChI=1S/C26H25ClF2N2O4S/c1-26(2,14-15-3-6-17(28)7-4-15)31(20(25(34)35)9-12-23(30)32)24(33)22-11-10-21(36-22)16-5-8-19(29)18(27)13-16/h3-8,10-11,13,20H,9,12,14H2,1-2H3,(H2,30,32)(H,34,35)/t20-/m0/s1. The van der Waals surface area contributed by atoms with Crippen molar-refractivity contribution in [2.75, 3.05) is 0 Å². The number of carbonyl (C=O) groups excluding carboxylic acids is 2. The van der Waals surface area contributed by atoms with Crippen LogP contribution in [0.1, 0.15) is 41.9 Å². The molecule has 2 aromatic carbocycles. The third kappa shape index (κ3) is 6.47. The smallest absolute Gasteiger partial charge is 0.326 e. The highest BCUT2D eigenvalue weighted by molar-refractivity contribution is 7.17. The third-order valence-corrected chi connectivity index (χ3v) is 7.11. The topological polar surface area (TPSA) is 101 Å². The van der Waals surface area contributed by atoms with Crippen LogP contribution in [0.2, 0.25) is 5.02 Å². The van der Waals surface area contributed by atoms with Gasteiger partial charge in [-0.05, 0) is 74.2 Å². The summed E-state index contributed by atoms with van der Waals surface area (Å²) in [6.07, 6.45) is -0.169. The summed E-state index contributed by atoms with van der Waals surface area (Å²) in [4.78, 5) is 39.7. The highest BCUT2D eigenvalue weighted by Crippen LogP contribution is 2.34. The highest BCUT2D eigenvalue weighted by atomic mass is 35.5. The van der Waals surface area contributed by atoms with E-state index in [-0.39, 0.29) is 29.2 Å². The molecule has 3 rings (SSSR count). The number of amides is 2. The summed E-state index contributed by atoms with van der Waals surface area (Å²) >= 11 is 7.00. The van der Waals surface area contributed by atoms with Crippen LogP contribution in [-0.2, 0) is 16.0 Å². The molecule has 0 saturated carbocycles. The summed E-state index contributed by atoms with van der Waals surface area (Å²) in [6.45, 7) is 3.42. The zero-order chi connectivity index (χ0) is 26.6. The summed E-state index contributed by atoms with van der Waals surface area (Å²) < 4.78 is 27.0. The van der Waals surface area contributed by atoms with Crippen LogP contribution in [0.15, 0.2) is 54.6 Å². The molecule has 1 aromatic heterocycles. The van der Waals surface area contributed by atoms with Gasteiger partial charge in [0.25, 0.3) is 5.91 Å². The van der Waals surface area contributed by atoms with Crippen molar-refractivity contribution in [3.63, 3.8) is 0 Å². The van der Waals surface area contributed by atoms with Crippen LogP contribution in [0, 0.1) is 11.6 Å². The van der Waals surface area contributed by atoms with Crippen molar-refractivity contribution in [1.29, 1.82) is 0 Å². The monoisotopic (exact) mass is 534 g/mol. The SMILES string of the molecule is CC(C)(Cc1ccc(F)cc1)N(C(=O)c1ccc(-c2ccc(F)c(Cl)c2)s1)[C@@H](CCC(N)=O)C(=O)O. The van der Waals surface area contributed by atoms with Crippen molar-refractivity contribution >= 4 is 40.7 Å². The van der Waals surface area contributed by atoms with Crippen molar-refractivity contribution in [2.45, 2.75) is 44.7 Å². The zero-order valence-corrected chi connectivity index (χ0v) is 21.2. The van der Waals surface area contributed by atoms with Gasteiger partial charge in [0, 0.05) is 16.8 Å². The van der Waals surface area contributed by atoms with Crippen molar-refractivity contribution in [3.8, 4) is 10.4 Å². The molecule has 0 radical (unpaired) electrons. The first-order valence-corrected chi connectivity index (χ1v) is 12.2. The maximum atomic E-state index is 13.8. The molecule has 1 atom stereocenters. The summed E-state index contributed by atoms with van der Waals surface area (Å²) in [6, 6.07) is 11.8. The molecule has 0 unspecified atom stereocenters. The first-order chi connectivity index (χ1) is 16.9. The van der Waals surface area contributed by atoms with Crippen LogP contribution >= 0.6 is 22.9 Å². The minimum absolute atomic E-state index is 0.0618. The average Bonchev–Trinajstić information content (AvgIpc) is 3.29. The number of thiophene rings is 1. The molecule has 1 heterocycles. The van der Waals surface area contributed by atoms with Gasteiger partial charge in [-0.3, -0.25) is 9.59 Å². The van der Waals surface area contributed by atoms with E-state index in [1.54, 1.807) is 38.1 Å². The largest absolute Gasteiger partial charge is 0.480 e. The number of halogens is 3. The Bertz CT molecular complexity index is 1280. The molecular formula is C26H25ClF2N2O4S. The minimum atomic E-state index is -1.34. The fourth-order valence-corrected chi connectivity index (χ4v) is 5.16. The van der Waals surface area contributed by atoms with Gasteiger partial charge < -0.3 is 15.7 Å². The van der Waals surface area contributed by atoms with Crippen molar-refractivity contribution in [1.82, 2.24) is 4.90 Å². The fraction of sp³-hybridized carbons (Fsp3) is 0.269. The Morgan fingerprint density at radius 2 is 1.75 bits per heavy atom. The molecule has 3 N–H and O–H groups in total. The van der Waals surface area contributed by atoms with Gasteiger partial charge in [-0.15, -0.1) is 11.3 Å². The summed E-state index contributed by atoms with van der Waals surface area (Å²) in [7, 11) is 0. The van der Waals surface area contributed by atoms with Crippen molar-refractivity contribution in [3.05, 3.63) is 81.7 Å². The number of benzene rings is 2. The number of carbonyl (C=O) groups is 3. The van der Waals surface area contributed by atoms with Crippen LogP contribution in [0.5, 0.6) is 0 Å². The second kappa shape index (κ2) is 11.2. The molecule has 0 bridgehead atoms. The second-order valence-electron chi connectivity index (χ2n) is 8.94. The van der Waals surface area contributed by atoms with Gasteiger partial charge >= 0.3 is 5.97 Å². The molecule has 36 heavy (non-hydrogen) atoms. The second-order valence-corrected chi connectivity index (χ2v) is 10.4. The number of nitrogens with two attached hydrogens (primary N) is 1. The summed E-state index contributed by atoms with van der Waals surface area (Å²) in [5.74, 6) is -3.50. The quantitative estimate of drug-likeness (QED) is 0.357. The van der Waals surface area contributed by atoms with E-state index in [0.717, 1.165) is 11.3 Å². The van der Waals surface area contributed by atoms with E-state index < -0.39 is 41.0 Å². The zero-order valence-electron chi connectivity index (χ0n) is 19.6. The molecule has 0 fully saturated rings. The predicted molar refractivity (Wildman–Crippen MR) is 135 cm³/mol. The van der Waals surface area contributed by atoms with E-state index in [4.69, 9.17) is 17.3 Å². The Balaban J connectivity index is 2.01. The first kappa shape index (κ1) is 27.3. The normalized spacial score (nSPS) is 12.2. The number of nitrogens with zero attached hydrogens (tertiary/aromatic N) is 1. The lowest BCUT2D eigenvalue weighted by atomic mass is 9.90. The van der Waals surface area contributed by atoms with E-state index >= 15 is 0 Å². The Labute approximate surface area is 216 Å². The van der Waals surface area contributed by atoms with Gasteiger partial charge in [-0.25, -0.2) is 13.6 Å². The maximum Gasteiger partial charge on any atom is 0.326 e. The molecule has 0 aliphatic heterocycles. The van der Waals surface area contributed by atoms with Gasteiger partial charge in [-0.2, -0.15) is 0 Å². The van der Waals surface area contributed by atoms with Crippen LogP contribution < -0.4 is 5.73 Å². The molecule has 10 heteroatoms. The van der Waals surface area contributed by atoms with E-state index in [1.807, 2.05) is 0 Å². The first-order valence-electron chi connectivity index (χ1n) is 11.0. The lowest BCUT2D eigenvalue weighted by Crippen LogP contribution is -2.57. The lowest BCUT2D eigenvalue weighted by molar-refractivity contribution is -0.144. The van der Waals surface area contributed by atoms with E-state index in [2.05, 4.69) is 0 Å². The fourth-order valence-electron chi connectivity index (χ4n) is 4.04. The molecule has 0 aliphatic carbocycles. The van der Waals surface area contributed by atoms with Crippen LogP contribution in [-0.4, -0.2) is 39.4 Å². The minimum Gasteiger partial charge on any atom is -0.480 e. The molecule has 3 aromatic rings. The Kier molecular flexibility index (Phi) is 8.47. The summed E-state index contributed by atoms with van der Waals surface area (Å²) in [5.41, 5.74) is 5.52. The Morgan fingerprint density at radius 3 is 2.33 bits per heavy atom. The van der Waals surface area contributed by atoms with E-state index in [9.17, 15) is 28.3 Å². The molecule has 0 spiro atoms. The van der Waals surface area contributed by atoms with Gasteiger partial charge in [0.05, 0.1) is 9.90 Å². The van der Waals surface area contributed by atoms with Crippen LogP contribution in [0.3, 0.4) is 0 Å². The number of hydrogen-bond acceptors (Lipinski definition) is 4. The molecule has 190 valence electrons. The number of rotatable bonds is 10. The maximum absolute atomic E-state index is 13.8. The van der Waals surface area contributed by atoms with Gasteiger partial charge in [-0.1, -0.05) is 29.8 Å². The van der Waals surface area contributed by atoms with E-state index in [0.29, 0.717) is 16.0 Å². The van der Waals surface area contributed by atoms with Gasteiger partial charge in [0.2, 0.25) is 5.91 Å². The van der Waals surface area contributed by atoms with Gasteiger partial charge in [0.1, 0.15) is 17.7 Å². The molecule has 2 amide bonds. The Hall–Kier alpha value is -3.30. The molecular weight excluding hydrogens is 510 g/mol. The molecule has 0 aliphatic rings. The molecule has 6 nitrogen and oxygen atoms in total. The van der Waals surface area contributed by atoms with Crippen molar-refractivity contribution in [2.24, 2.45) is 5.73 Å². The number of aliphatic carboxylic acids is 1. The number of hydrogen-bond donors (Lipinski definition) is 2. The highest BCUT2D eigenvalue weighted by Gasteiger charge is 2.41. The number of primary amides is 1. The predicted octanol–water partition coefficient (Wildman–Crippen LogP) is 5.53. The number of carboxylic acids is 1. The third-order valence-electron chi connectivity index (χ3n) is 5.70. The molecule has 0 saturated heterocycles. The van der Waals surface area contributed by atoms with E-state index in [1.165, 1.54) is 35.2 Å². The van der Waals surface area contributed by atoms with Gasteiger partial charge in [0.15, 0.2) is 0 Å². The Morgan fingerprint density at radius 1 is 1.08 bits per heavy atom. The number of carboxylic acid groups (broad SMARTS) is 1.